The fourth-order valence-corrected chi connectivity index (χ4v) is 2.29. The predicted octanol–water partition coefficient (Wildman–Crippen LogP) is 3.06. The van der Waals surface area contributed by atoms with Crippen molar-refractivity contribution in [3.8, 4) is 0 Å². The molecule has 0 saturated carbocycles. The summed E-state index contributed by atoms with van der Waals surface area (Å²) < 4.78 is 0. The Morgan fingerprint density at radius 1 is 1.20 bits per heavy atom. The van der Waals surface area contributed by atoms with E-state index in [4.69, 9.17) is 0 Å². The fraction of sp³-hybridized carbons (Fsp3) is 0.600. The molecule has 0 heteroatoms. The fourth-order valence-electron chi connectivity index (χ4n) is 2.29. The highest BCUT2D eigenvalue weighted by Gasteiger charge is 2.31. The zero-order chi connectivity index (χ0) is 7.30. The lowest BCUT2D eigenvalue weighted by Crippen LogP contribution is -2.06. The van der Waals surface area contributed by atoms with E-state index in [-0.39, 0.29) is 0 Å². The molecule has 2 rings (SSSR count). The molecule has 0 spiro atoms. The number of rotatable bonds is 0. The summed E-state index contributed by atoms with van der Waals surface area (Å²) in [4.78, 5) is 0. The summed E-state index contributed by atoms with van der Waals surface area (Å²) in [6.45, 7) is 6.86. The maximum absolute atomic E-state index is 2.35. The Morgan fingerprint density at radius 3 is 2.50 bits per heavy atom. The number of hydrogen-bond acceptors (Lipinski definition) is 0. The van der Waals surface area contributed by atoms with Crippen molar-refractivity contribution >= 4 is 0 Å². The lowest BCUT2D eigenvalue weighted by atomic mass is 9.81. The van der Waals surface area contributed by atoms with Gasteiger partial charge in [0.05, 0.1) is 0 Å². The summed E-state index contributed by atoms with van der Waals surface area (Å²) in [5.41, 5.74) is 6.54. The summed E-state index contributed by atoms with van der Waals surface area (Å²) in [5, 5.41) is 0. The van der Waals surface area contributed by atoms with Crippen LogP contribution in [0, 0.1) is 5.92 Å². The Morgan fingerprint density at radius 2 is 1.90 bits per heavy atom. The van der Waals surface area contributed by atoms with Crippen molar-refractivity contribution in [1.29, 1.82) is 0 Å². The van der Waals surface area contributed by atoms with Crippen LogP contribution in [0.4, 0.5) is 0 Å². The topological polar surface area (TPSA) is 0 Å². The maximum atomic E-state index is 2.35. The highest BCUT2D eigenvalue weighted by Crippen LogP contribution is 2.48. The molecule has 0 aromatic carbocycles. The van der Waals surface area contributed by atoms with Gasteiger partial charge in [-0.15, -0.1) is 0 Å². The molecule has 1 atom stereocenters. The molecule has 10 heavy (non-hydrogen) atoms. The van der Waals surface area contributed by atoms with Gasteiger partial charge in [0.15, 0.2) is 0 Å². The van der Waals surface area contributed by atoms with E-state index >= 15 is 0 Å². The Bertz CT molecular complexity index is 241. The van der Waals surface area contributed by atoms with Gasteiger partial charge in [-0.25, -0.2) is 0 Å². The zero-order valence-corrected chi connectivity index (χ0v) is 6.99. The van der Waals surface area contributed by atoms with Gasteiger partial charge >= 0.3 is 0 Å². The summed E-state index contributed by atoms with van der Waals surface area (Å²) >= 11 is 0. The molecule has 0 N–H and O–H groups in total. The van der Waals surface area contributed by atoms with Gasteiger partial charge in [-0.1, -0.05) is 6.92 Å². The van der Waals surface area contributed by atoms with Crippen molar-refractivity contribution in [3.63, 3.8) is 0 Å². The number of hydrogen-bond donors (Lipinski definition) is 0. The standard InChI is InChI=1S/C10H14/c1-6-4-5-9-7(2)8(3)10(6)9/h6H,4-5H2,1-3H3. The van der Waals surface area contributed by atoms with E-state index in [1.165, 1.54) is 12.8 Å². The summed E-state index contributed by atoms with van der Waals surface area (Å²) in [5.74, 6) is 0.860. The van der Waals surface area contributed by atoms with E-state index in [2.05, 4.69) is 20.8 Å². The molecule has 0 amide bonds. The summed E-state index contributed by atoms with van der Waals surface area (Å²) in [6, 6.07) is 0. The average Bonchev–Trinajstić information content (AvgIpc) is 2.27. The third-order valence-corrected chi connectivity index (χ3v) is 3.06. The molecule has 54 valence electrons. The van der Waals surface area contributed by atoms with Crippen molar-refractivity contribution < 1.29 is 0 Å². The molecule has 0 radical (unpaired) electrons. The Hall–Kier alpha value is -0.520. The Labute approximate surface area is 62.6 Å². The molecule has 2 aliphatic carbocycles. The van der Waals surface area contributed by atoms with E-state index in [0.29, 0.717) is 0 Å². The van der Waals surface area contributed by atoms with Crippen LogP contribution < -0.4 is 0 Å². The normalized spacial score (nSPS) is 30.9. The summed E-state index contributed by atoms with van der Waals surface area (Å²) in [6.07, 6.45) is 2.74. The number of allylic oxidation sites excluding steroid dienone is 4. The van der Waals surface area contributed by atoms with Gasteiger partial charge in [0.25, 0.3) is 0 Å². The lowest BCUT2D eigenvalue weighted by Gasteiger charge is -2.24. The van der Waals surface area contributed by atoms with Crippen LogP contribution in [0.2, 0.25) is 0 Å². The van der Waals surface area contributed by atoms with Crippen molar-refractivity contribution in [2.45, 2.75) is 33.6 Å². The maximum Gasteiger partial charge on any atom is -0.0182 e. The smallest absolute Gasteiger partial charge is 0.0182 e. The second-order valence-corrected chi connectivity index (χ2v) is 3.58. The molecule has 0 fully saturated rings. The first-order valence-electron chi connectivity index (χ1n) is 4.13. The third kappa shape index (κ3) is 0.524. The van der Waals surface area contributed by atoms with E-state index in [1.807, 2.05) is 0 Å². The van der Waals surface area contributed by atoms with Crippen LogP contribution in [-0.4, -0.2) is 0 Å². The van der Waals surface area contributed by atoms with E-state index in [0.717, 1.165) is 5.92 Å². The molecule has 0 saturated heterocycles. The lowest BCUT2D eigenvalue weighted by molar-refractivity contribution is 0.677. The minimum Gasteiger partial charge on any atom is -0.0584 e. The van der Waals surface area contributed by atoms with Crippen LogP contribution in [0.15, 0.2) is 22.3 Å². The van der Waals surface area contributed by atoms with E-state index < -0.39 is 0 Å². The molecular weight excluding hydrogens is 120 g/mol. The molecule has 1 unspecified atom stereocenters. The Balaban J connectivity index is 2.32. The first-order valence-corrected chi connectivity index (χ1v) is 4.13. The van der Waals surface area contributed by atoms with Crippen LogP contribution in [0.3, 0.4) is 0 Å². The highest BCUT2D eigenvalue weighted by atomic mass is 14.4. The average molecular weight is 134 g/mol. The first kappa shape index (κ1) is 6.21. The molecule has 0 aromatic heterocycles. The predicted molar refractivity (Wildman–Crippen MR) is 43.8 cm³/mol. The second-order valence-electron chi connectivity index (χ2n) is 3.58. The van der Waals surface area contributed by atoms with Gasteiger partial charge in [-0.05, 0) is 54.9 Å². The zero-order valence-electron chi connectivity index (χ0n) is 6.99. The van der Waals surface area contributed by atoms with Gasteiger partial charge in [0, 0.05) is 0 Å². The molecule has 0 aliphatic heterocycles. The molecule has 0 nitrogen and oxygen atoms in total. The molecule has 0 heterocycles. The van der Waals surface area contributed by atoms with Crippen molar-refractivity contribution in [2.75, 3.05) is 0 Å². The van der Waals surface area contributed by atoms with Gasteiger partial charge in [0.1, 0.15) is 0 Å². The van der Waals surface area contributed by atoms with Crippen molar-refractivity contribution in [1.82, 2.24) is 0 Å². The van der Waals surface area contributed by atoms with Crippen LogP contribution in [0.5, 0.6) is 0 Å². The van der Waals surface area contributed by atoms with Gasteiger partial charge < -0.3 is 0 Å². The molecule has 0 aromatic rings. The minimum atomic E-state index is 0.860. The highest BCUT2D eigenvalue weighted by molar-refractivity contribution is 5.60. The van der Waals surface area contributed by atoms with Gasteiger partial charge in [0.2, 0.25) is 0 Å². The molecule has 2 aliphatic rings. The quantitative estimate of drug-likeness (QED) is 0.477. The van der Waals surface area contributed by atoms with Gasteiger partial charge in [-0.2, -0.15) is 0 Å². The third-order valence-electron chi connectivity index (χ3n) is 3.06. The van der Waals surface area contributed by atoms with Gasteiger partial charge in [-0.3, -0.25) is 0 Å². The van der Waals surface area contributed by atoms with Crippen LogP contribution >= 0.6 is 0 Å². The SMILES string of the molecule is CC1=C(C)C2=C1CCC2C. The van der Waals surface area contributed by atoms with Crippen LogP contribution in [-0.2, 0) is 0 Å². The molecular formula is C10H14. The van der Waals surface area contributed by atoms with Crippen LogP contribution in [0.1, 0.15) is 33.6 Å². The monoisotopic (exact) mass is 134 g/mol. The van der Waals surface area contributed by atoms with Crippen molar-refractivity contribution in [2.24, 2.45) is 5.92 Å². The van der Waals surface area contributed by atoms with Crippen molar-refractivity contribution in [3.05, 3.63) is 22.3 Å². The second kappa shape index (κ2) is 1.75. The van der Waals surface area contributed by atoms with E-state index in [9.17, 15) is 0 Å². The minimum absolute atomic E-state index is 0.860. The first-order chi connectivity index (χ1) is 4.72. The summed E-state index contributed by atoms with van der Waals surface area (Å²) in [7, 11) is 0. The molecule has 0 bridgehead atoms. The largest absolute Gasteiger partial charge is 0.0584 e. The Kier molecular flexibility index (Phi) is 1.08. The van der Waals surface area contributed by atoms with E-state index in [1.54, 1.807) is 22.3 Å². The van der Waals surface area contributed by atoms with Crippen LogP contribution in [0.25, 0.3) is 0 Å².